The van der Waals surface area contributed by atoms with Crippen molar-refractivity contribution in [1.82, 2.24) is 41.7 Å². The second-order valence-corrected chi connectivity index (χ2v) is 27.5. The number of amides is 9. The summed E-state index contributed by atoms with van der Waals surface area (Å²) in [5.41, 5.74) is 7.66. The summed E-state index contributed by atoms with van der Waals surface area (Å²) >= 11 is 0. The zero-order chi connectivity index (χ0) is 69.1. The maximum absolute atomic E-state index is 15.2. The SMILES string of the molecule is C=CCOC(=O)N[C@H](C(=O)N[C@@H](CCCNC(N)=O)C(=O)Nc1ccc(C[N+]2(C)[C@@H]3CC[C@@H](C3)[C@H]2C(=O)N[C@H](C(=O)N(C)[C@@H]([C@@H](C)CC)[C@@H](CC(=O)N2CCC[C@H]2[C@H](OC)[C@@H](C)C(=O)N[C@@H](Cc2ccccc2)C(=O)OC(C)(C)C)OC)C(C)C)c(CNC)c1)C(C)C. The molecule has 24 heteroatoms. The van der Waals surface area contributed by atoms with Crippen LogP contribution in [0.4, 0.5) is 15.3 Å². The molecule has 1 saturated carbocycles. The van der Waals surface area contributed by atoms with Crippen molar-refractivity contribution < 1.29 is 66.6 Å². The van der Waals surface area contributed by atoms with Gasteiger partial charge in [0.15, 0.2) is 6.04 Å². The molecule has 2 bridgehead atoms. The molecule has 0 radical (unpaired) electrons. The number of hydrogen-bond acceptors (Lipinski definition) is 14. The van der Waals surface area contributed by atoms with Gasteiger partial charge in [0.2, 0.25) is 29.5 Å². The Morgan fingerprint density at radius 3 is 2.12 bits per heavy atom. The lowest BCUT2D eigenvalue weighted by atomic mass is 9.89. The number of nitrogens with zero attached hydrogens (tertiary/aromatic N) is 3. The van der Waals surface area contributed by atoms with Crippen molar-refractivity contribution in [1.29, 1.82) is 0 Å². The number of methoxy groups -OCH3 is 2. The summed E-state index contributed by atoms with van der Waals surface area (Å²) in [7, 11) is 8.73. The van der Waals surface area contributed by atoms with Crippen molar-refractivity contribution in [3.63, 3.8) is 0 Å². The van der Waals surface area contributed by atoms with Gasteiger partial charge in [-0.2, -0.15) is 0 Å². The molecule has 0 aromatic heterocycles. The molecule has 1 aliphatic carbocycles. The van der Waals surface area contributed by atoms with Gasteiger partial charge in [0, 0.05) is 70.9 Å². The third-order valence-electron chi connectivity index (χ3n) is 18.9. The van der Waals surface area contributed by atoms with E-state index in [1.54, 1.807) is 71.6 Å². The topological polar surface area (TPSA) is 307 Å². The molecule has 3 aliphatic rings. The van der Waals surface area contributed by atoms with Crippen LogP contribution in [-0.2, 0) is 72.0 Å². The van der Waals surface area contributed by atoms with Gasteiger partial charge in [-0.05, 0) is 107 Å². The molecule has 2 aromatic rings. The Morgan fingerprint density at radius 1 is 0.839 bits per heavy atom. The van der Waals surface area contributed by atoms with E-state index >= 15 is 9.59 Å². The van der Waals surface area contributed by atoms with Crippen molar-refractivity contribution in [2.45, 2.75) is 213 Å². The minimum absolute atomic E-state index is 0.0604. The number of hydrogen-bond donors (Lipinski definition) is 8. The number of quaternary nitrogens is 1. The van der Waals surface area contributed by atoms with E-state index in [-0.39, 0.29) is 79.8 Å². The number of primary amides is 1. The first kappa shape index (κ1) is 76.6. The molecule has 2 saturated heterocycles. The maximum atomic E-state index is 15.2. The molecule has 93 heavy (non-hydrogen) atoms. The van der Waals surface area contributed by atoms with Crippen LogP contribution in [0, 0.1) is 29.6 Å². The molecule has 9 amide bonds. The van der Waals surface area contributed by atoms with E-state index in [0.717, 1.165) is 36.0 Å². The smallest absolute Gasteiger partial charge is 0.408 e. The fraction of sp³-hybridized carbons (Fsp3) is 0.667. The Labute approximate surface area is 551 Å². The van der Waals surface area contributed by atoms with E-state index in [0.29, 0.717) is 55.5 Å². The number of benzene rings is 2. The van der Waals surface area contributed by atoms with Crippen molar-refractivity contribution in [2.24, 2.45) is 35.3 Å². The minimum Gasteiger partial charge on any atom is -0.458 e. The summed E-state index contributed by atoms with van der Waals surface area (Å²) in [4.78, 5) is 128. The molecular formula is C69H110N11O13+. The number of urea groups is 1. The van der Waals surface area contributed by atoms with Crippen LogP contribution in [0.3, 0.4) is 0 Å². The highest BCUT2D eigenvalue weighted by Crippen LogP contribution is 2.48. The fourth-order valence-electron chi connectivity index (χ4n) is 13.9. The third-order valence-corrected chi connectivity index (χ3v) is 18.9. The summed E-state index contributed by atoms with van der Waals surface area (Å²) < 4.78 is 23.5. The molecule has 5 rings (SSSR count). The number of fused-ring (bicyclic) bond motifs is 2. The lowest BCUT2D eigenvalue weighted by molar-refractivity contribution is -0.952. The fourth-order valence-corrected chi connectivity index (χ4v) is 13.9. The molecule has 9 N–H and O–H groups in total. The summed E-state index contributed by atoms with van der Waals surface area (Å²) in [6.45, 7) is 23.4. The van der Waals surface area contributed by atoms with E-state index < -0.39 is 102 Å². The summed E-state index contributed by atoms with van der Waals surface area (Å²) in [5.74, 6) is -4.36. The van der Waals surface area contributed by atoms with Gasteiger partial charge in [0.05, 0.1) is 49.7 Å². The highest BCUT2D eigenvalue weighted by molar-refractivity contribution is 5.98. The van der Waals surface area contributed by atoms with E-state index in [1.165, 1.54) is 13.2 Å². The van der Waals surface area contributed by atoms with Crippen LogP contribution in [-0.4, -0.2) is 189 Å². The number of carbonyl (C=O) groups excluding carboxylic acids is 9. The summed E-state index contributed by atoms with van der Waals surface area (Å²) in [5, 5.41) is 20.3. The van der Waals surface area contributed by atoms with Crippen LogP contribution in [0.5, 0.6) is 0 Å². The zero-order valence-corrected chi connectivity index (χ0v) is 57.9. The van der Waals surface area contributed by atoms with Gasteiger partial charge in [-0.25, -0.2) is 14.4 Å². The number of likely N-dealkylation sites (N-methyl/N-ethyl adjacent to an activating group) is 2. The Morgan fingerprint density at radius 2 is 1.52 bits per heavy atom. The van der Waals surface area contributed by atoms with Crippen LogP contribution in [0.15, 0.2) is 61.2 Å². The number of carbonyl (C=O) groups is 9. The molecule has 3 fully saturated rings. The number of nitrogens with two attached hydrogens (primary N) is 1. The third kappa shape index (κ3) is 20.9. The average molecular weight is 1300 g/mol. The quantitative estimate of drug-likeness (QED) is 0.0174. The number of nitrogens with one attached hydrogen (secondary N) is 7. The van der Waals surface area contributed by atoms with Crippen LogP contribution in [0.1, 0.15) is 144 Å². The number of piperidine rings is 1. The van der Waals surface area contributed by atoms with E-state index in [1.807, 2.05) is 77.2 Å². The van der Waals surface area contributed by atoms with Crippen molar-refractivity contribution in [3.8, 4) is 0 Å². The summed E-state index contributed by atoms with van der Waals surface area (Å²) in [6.07, 6.45) is 4.23. The normalized spacial score (nSPS) is 21.4. The first-order chi connectivity index (χ1) is 43.9. The van der Waals surface area contributed by atoms with Crippen LogP contribution >= 0.6 is 0 Å². The van der Waals surface area contributed by atoms with E-state index in [9.17, 15) is 33.6 Å². The largest absolute Gasteiger partial charge is 0.458 e. The van der Waals surface area contributed by atoms with E-state index in [2.05, 4.69) is 50.8 Å². The van der Waals surface area contributed by atoms with Gasteiger partial charge in [-0.1, -0.05) is 104 Å². The number of esters is 1. The van der Waals surface area contributed by atoms with Gasteiger partial charge < -0.3 is 76.2 Å². The predicted molar refractivity (Wildman–Crippen MR) is 356 cm³/mol. The molecule has 518 valence electrons. The minimum atomic E-state index is -1.08. The molecule has 1 unspecified atom stereocenters. The van der Waals surface area contributed by atoms with Crippen molar-refractivity contribution in [2.75, 3.05) is 60.4 Å². The van der Waals surface area contributed by atoms with Gasteiger partial charge in [0.25, 0.3) is 5.91 Å². The lowest BCUT2D eigenvalue weighted by Gasteiger charge is -2.45. The Balaban J connectivity index is 1.32. The molecule has 24 nitrogen and oxygen atoms in total. The van der Waals surface area contributed by atoms with E-state index in [4.69, 9.17) is 24.7 Å². The Hall–Kier alpha value is -7.15. The van der Waals surface area contributed by atoms with Crippen molar-refractivity contribution in [3.05, 3.63) is 77.9 Å². The highest BCUT2D eigenvalue weighted by Gasteiger charge is 2.60. The molecule has 2 aliphatic heterocycles. The van der Waals surface area contributed by atoms with Crippen LogP contribution in [0.2, 0.25) is 0 Å². The number of likely N-dealkylation sites (tertiary alicyclic amines) is 2. The Bertz CT molecular complexity index is 2870. The number of ether oxygens (including phenoxy) is 4. The number of anilines is 1. The number of rotatable bonds is 35. The Kier molecular flexibility index (Phi) is 29.1. The molecular weight excluding hydrogens is 1190 g/mol. The van der Waals surface area contributed by atoms with Crippen LogP contribution in [0.25, 0.3) is 0 Å². The highest BCUT2D eigenvalue weighted by atomic mass is 16.6. The summed E-state index contributed by atoms with van der Waals surface area (Å²) in [6, 6.07) is 8.90. The van der Waals surface area contributed by atoms with Gasteiger partial charge in [-0.3, -0.25) is 28.8 Å². The standard InChI is InChI=1S/C69H109N11O13/c1-17-34-92-68(89)77-56(41(3)4)63(84)74-51(26-22-32-72-67(70)88)62(83)73-49-30-28-47(48(36-49)39-71-12)40-80(14)50-31-29-46(37-50)59(80)64(85)76-57(42(5)6)65(86)78(13)58(43(7)18-2)54(90-15)38-55(81)79-33-23-27-53(79)60(91-16)44(8)61(82)75-52(66(87)93-69(9,10)11)35-45-24-20-19-21-25-45/h17,19-21,24-25,28,30,36,41-44,46,50-54,56-60,71H,1,18,22-23,26-27,29,31-35,37-40H2,2-16H3,(H7-,70,72,73,74,75,76,77,82,83,84,85,88,89)/p+1/t43-,44+,46-,50+,51-,52-,53-,54+,56-,57-,58-,59-,60+,80?/m0/s1. The van der Waals surface area contributed by atoms with Gasteiger partial charge in [-0.15, -0.1) is 0 Å². The lowest BCUT2D eigenvalue weighted by Crippen LogP contribution is -2.64. The second-order valence-electron chi connectivity index (χ2n) is 27.5. The molecule has 2 aromatic carbocycles. The van der Waals surface area contributed by atoms with Crippen molar-refractivity contribution >= 4 is 59.2 Å². The van der Waals surface area contributed by atoms with Gasteiger partial charge >= 0.3 is 18.1 Å². The molecule has 0 spiro atoms. The molecule has 14 atom stereocenters. The first-order valence-electron chi connectivity index (χ1n) is 33.2. The second kappa shape index (κ2) is 35.4. The van der Waals surface area contributed by atoms with Gasteiger partial charge in [0.1, 0.15) is 42.9 Å². The zero-order valence-electron chi connectivity index (χ0n) is 57.9. The monoisotopic (exact) mass is 1300 g/mol. The predicted octanol–water partition coefficient (Wildman–Crippen LogP) is 5.84. The van der Waals surface area contributed by atoms with Crippen LogP contribution < -0.4 is 43.0 Å². The average Bonchev–Trinajstić information content (AvgIpc) is 1.59. The maximum Gasteiger partial charge on any atom is 0.408 e. The molecule has 2 heterocycles. The number of alkyl carbamates (subject to hydrolysis) is 1. The first-order valence-corrected chi connectivity index (χ1v) is 33.2.